The lowest BCUT2D eigenvalue weighted by molar-refractivity contribution is -0.154. The normalized spacial score (nSPS) is 31.2. The smallest absolute Gasteiger partial charge is 0.246 e. The summed E-state index contributed by atoms with van der Waals surface area (Å²) in [7, 11) is 0. The molecule has 21 heavy (non-hydrogen) atoms. The van der Waals surface area contributed by atoms with Gasteiger partial charge in [-0.2, -0.15) is 0 Å². The van der Waals surface area contributed by atoms with E-state index < -0.39 is 6.04 Å². The summed E-state index contributed by atoms with van der Waals surface area (Å²) in [4.78, 5) is 27.0. The Morgan fingerprint density at radius 3 is 2.57 bits per heavy atom. The second kappa shape index (κ2) is 6.34. The van der Waals surface area contributed by atoms with E-state index in [-0.39, 0.29) is 23.3 Å². The maximum absolute atomic E-state index is 12.8. The van der Waals surface area contributed by atoms with Gasteiger partial charge in [-0.3, -0.25) is 9.59 Å². The van der Waals surface area contributed by atoms with Crippen molar-refractivity contribution >= 4 is 11.8 Å². The molecular formula is C16H28N2O3. The molecule has 0 bridgehead atoms. The van der Waals surface area contributed by atoms with E-state index in [9.17, 15) is 9.59 Å². The number of carbonyl (C=O) groups is 2. The first-order valence-corrected chi connectivity index (χ1v) is 8.03. The minimum absolute atomic E-state index is 0.0197. The number of amides is 2. The Hall–Kier alpha value is -1.10. The summed E-state index contributed by atoms with van der Waals surface area (Å²) in [6.07, 6.45) is 2.77. The minimum atomic E-state index is -0.433. The van der Waals surface area contributed by atoms with E-state index in [2.05, 4.69) is 5.32 Å². The fourth-order valence-corrected chi connectivity index (χ4v) is 3.20. The van der Waals surface area contributed by atoms with Gasteiger partial charge >= 0.3 is 0 Å². The molecule has 5 nitrogen and oxygen atoms in total. The summed E-state index contributed by atoms with van der Waals surface area (Å²) < 4.78 is 5.51. The molecule has 0 aliphatic carbocycles. The zero-order valence-electron chi connectivity index (χ0n) is 13.6. The zero-order chi connectivity index (χ0) is 15.6. The van der Waals surface area contributed by atoms with Crippen LogP contribution in [0.2, 0.25) is 0 Å². The third-order valence-electron chi connectivity index (χ3n) is 4.46. The molecule has 2 rings (SSSR count). The number of hydrogen-bond acceptors (Lipinski definition) is 3. The first-order chi connectivity index (χ1) is 9.84. The summed E-state index contributed by atoms with van der Waals surface area (Å²) >= 11 is 0. The molecule has 3 atom stereocenters. The van der Waals surface area contributed by atoms with Crippen LogP contribution < -0.4 is 5.32 Å². The number of ether oxygens (including phenoxy) is 1. The second-order valence-corrected chi connectivity index (χ2v) is 7.31. The quantitative estimate of drug-likeness (QED) is 0.860. The van der Waals surface area contributed by atoms with Crippen molar-refractivity contribution in [1.82, 2.24) is 10.2 Å². The van der Waals surface area contributed by atoms with E-state index in [0.29, 0.717) is 25.5 Å². The van der Waals surface area contributed by atoms with Crippen LogP contribution in [0.15, 0.2) is 0 Å². The van der Waals surface area contributed by atoms with Gasteiger partial charge in [-0.05, 0) is 30.6 Å². The molecule has 0 saturated carbocycles. The Labute approximate surface area is 127 Å². The van der Waals surface area contributed by atoms with E-state index in [1.807, 2.05) is 27.7 Å². The summed E-state index contributed by atoms with van der Waals surface area (Å²) in [5.74, 6) is 0.386. The van der Waals surface area contributed by atoms with Crippen molar-refractivity contribution in [2.75, 3.05) is 19.8 Å². The molecule has 1 N–H and O–H groups in total. The standard InChI is InChI=1S/C16H28N2O3/c1-5-12-14(19)17-13(16(2,3)4)15(20)18(12)9-11-7-6-8-21-10-11/h11-13H,5-10H2,1-4H3,(H,17,19). The van der Waals surface area contributed by atoms with Crippen molar-refractivity contribution in [3.8, 4) is 0 Å². The number of piperazine rings is 1. The zero-order valence-corrected chi connectivity index (χ0v) is 13.6. The number of carbonyl (C=O) groups excluding carboxylic acids is 2. The average molecular weight is 296 g/mol. The van der Waals surface area contributed by atoms with Gasteiger partial charge < -0.3 is 15.0 Å². The number of rotatable bonds is 3. The number of nitrogens with one attached hydrogen (secondary N) is 1. The highest BCUT2D eigenvalue weighted by Gasteiger charge is 2.45. The van der Waals surface area contributed by atoms with Gasteiger partial charge in [0.25, 0.3) is 0 Å². The monoisotopic (exact) mass is 296 g/mol. The van der Waals surface area contributed by atoms with Gasteiger partial charge in [0.2, 0.25) is 11.8 Å². The Bertz CT molecular complexity index is 397. The van der Waals surface area contributed by atoms with Gasteiger partial charge in [0.05, 0.1) is 6.61 Å². The van der Waals surface area contributed by atoms with Crippen LogP contribution in [-0.4, -0.2) is 48.6 Å². The van der Waals surface area contributed by atoms with Crippen LogP contribution in [0.25, 0.3) is 0 Å². The van der Waals surface area contributed by atoms with Crippen molar-refractivity contribution < 1.29 is 14.3 Å². The second-order valence-electron chi connectivity index (χ2n) is 7.31. The number of nitrogens with zero attached hydrogens (tertiary/aromatic N) is 1. The highest BCUT2D eigenvalue weighted by molar-refractivity contribution is 5.97. The molecule has 120 valence electrons. The fraction of sp³-hybridized carbons (Fsp3) is 0.875. The van der Waals surface area contributed by atoms with Crippen molar-refractivity contribution in [3.63, 3.8) is 0 Å². The molecule has 0 aromatic carbocycles. The molecule has 0 aromatic heterocycles. The fourth-order valence-electron chi connectivity index (χ4n) is 3.20. The molecule has 2 aliphatic heterocycles. The van der Waals surface area contributed by atoms with Gasteiger partial charge in [-0.15, -0.1) is 0 Å². The molecule has 0 aromatic rings. The first kappa shape index (κ1) is 16.3. The van der Waals surface area contributed by atoms with Crippen LogP contribution in [0, 0.1) is 11.3 Å². The van der Waals surface area contributed by atoms with Gasteiger partial charge in [-0.25, -0.2) is 0 Å². The molecular weight excluding hydrogens is 268 g/mol. The van der Waals surface area contributed by atoms with Crippen molar-refractivity contribution in [3.05, 3.63) is 0 Å². The maximum Gasteiger partial charge on any atom is 0.246 e. The Morgan fingerprint density at radius 1 is 1.33 bits per heavy atom. The maximum atomic E-state index is 12.8. The van der Waals surface area contributed by atoms with Crippen LogP contribution in [0.1, 0.15) is 47.0 Å². The third-order valence-corrected chi connectivity index (χ3v) is 4.46. The van der Waals surface area contributed by atoms with Gasteiger partial charge in [0.15, 0.2) is 0 Å². The molecule has 5 heteroatoms. The lowest BCUT2D eigenvalue weighted by Crippen LogP contribution is -2.67. The Balaban J connectivity index is 2.16. The van der Waals surface area contributed by atoms with Gasteiger partial charge in [0, 0.05) is 13.2 Å². The minimum Gasteiger partial charge on any atom is -0.381 e. The summed E-state index contributed by atoms with van der Waals surface area (Å²) in [5.41, 5.74) is -0.271. The van der Waals surface area contributed by atoms with E-state index in [1.54, 1.807) is 4.90 Å². The van der Waals surface area contributed by atoms with Crippen LogP contribution in [-0.2, 0) is 14.3 Å². The lowest BCUT2D eigenvalue weighted by atomic mass is 9.83. The Morgan fingerprint density at radius 2 is 2.05 bits per heavy atom. The lowest BCUT2D eigenvalue weighted by Gasteiger charge is -2.44. The van der Waals surface area contributed by atoms with Crippen LogP contribution in [0.3, 0.4) is 0 Å². The SMILES string of the molecule is CCC1C(=O)NC(C(C)(C)C)C(=O)N1CC1CCCOC1. The topological polar surface area (TPSA) is 58.6 Å². The molecule has 0 radical (unpaired) electrons. The molecule has 2 heterocycles. The van der Waals surface area contributed by atoms with Crippen molar-refractivity contribution in [1.29, 1.82) is 0 Å². The molecule has 2 saturated heterocycles. The molecule has 2 amide bonds. The molecule has 3 unspecified atom stereocenters. The van der Waals surface area contributed by atoms with Gasteiger partial charge in [0.1, 0.15) is 12.1 Å². The Kier molecular flexibility index (Phi) is 4.91. The van der Waals surface area contributed by atoms with Crippen molar-refractivity contribution in [2.24, 2.45) is 11.3 Å². The molecule has 2 fully saturated rings. The summed E-state index contributed by atoms with van der Waals surface area (Å²) in [6, 6.07) is -0.768. The number of hydrogen-bond donors (Lipinski definition) is 1. The molecule has 0 spiro atoms. The molecule has 2 aliphatic rings. The van der Waals surface area contributed by atoms with Crippen LogP contribution in [0.5, 0.6) is 0 Å². The summed E-state index contributed by atoms with van der Waals surface area (Å²) in [6.45, 7) is 10.1. The van der Waals surface area contributed by atoms with E-state index in [0.717, 1.165) is 19.4 Å². The highest BCUT2D eigenvalue weighted by atomic mass is 16.5. The van der Waals surface area contributed by atoms with Crippen LogP contribution >= 0.6 is 0 Å². The van der Waals surface area contributed by atoms with E-state index >= 15 is 0 Å². The van der Waals surface area contributed by atoms with Crippen LogP contribution in [0.4, 0.5) is 0 Å². The van der Waals surface area contributed by atoms with E-state index in [4.69, 9.17) is 4.74 Å². The van der Waals surface area contributed by atoms with E-state index in [1.165, 1.54) is 0 Å². The van der Waals surface area contributed by atoms with Crippen molar-refractivity contribution in [2.45, 2.75) is 59.0 Å². The largest absolute Gasteiger partial charge is 0.381 e. The first-order valence-electron chi connectivity index (χ1n) is 8.03. The predicted molar refractivity (Wildman–Crippen MR) is 80.7 cm³/mol. The van der Waals surface area contributed by atoms with Gasteiger partial charge in [-0.1, -0.05) is 27.7 Å². The highest BCUT2D eigenvalue weighted by Crippen LogP contribution is 2.27. The third kappa shape index (κ3) is 3.57. The summed E-state index contributed by atoms with van der Waals surface area (Å²) in [5, 5.41) is 2.91. The average Bonchev–Trinajstić information content (AvgIpc) is 2.42. The predicted octanol–water partition coefficient (Wildman–Crippen LogP) is 1.56.